The van der Waals surface area contributed by atoms with Crippen molar-refractivity contribution in [3.8, 4) is 5.75 Å². The van der Waals surface area contributed by atoms with Gasteiger partial charge in [-0.15, -0.1) is 0 Å². The van der Waals surface area contributed by atoms with Gasteiger partial charge in [0.15, 0.2) is 0 Å². The Labute approximate surface area is 178 Å². The predicted molar refractivity (Wildman–Crippen MR) is 110 cm³/mol. The molecule has 2 aromatic rings. The van der Waals surface area contributed by atoms with Crippen LogP contribution in [0.15, 0.2) is 53.7 Å². The fourth-order valence-electron chi connectivity index (χ4n) is 6.00. The second-order valence-corrected chi connectivity index (χ2v) is 8.78. The maximum Gasteiger partial charge on any atom is 0.238 e. The van der Waals surface area contributed by atoms with E-state index in [1.807, 2.05) is 24.3 Å². The first kappa shape index (κ1) is 18.0. The molecule has 152 valence electrons. The third kappa shape index (κ3) is 2.23. The van der Waals surface area contributed by atoms with E-state index in [1.54, 1.807) is 31.4 Å². The molecule has 6 rings (SSSR count). The number of benzene rings is 2. The number of methoxy groups -OCH3 is 1. The number of anilines is 1. The number of oxime groups is 1. The highest BCUT2D eigenvalue weighted by Gasteiger charge is 2.70. The molecule has 6 atom stereocenters. The normalized spacial score (nSPS) is 33.4. The van der Waals surface area contributed by atoms with Crippen molar-refractivity contribution < 1.29 is 19.2 Å². The molecule has 4 aliphatic rings. The van der Waals surface area contributed by atoms with E-state index >= 15 is 0 Å². The monoisotopic (exact) mass is 422 g/mol. The van der Waals surface area contributed by atoms with E-state index in [9.17, 15) is 9.59 Å². The first-order chi connectivity index (χ1) is 14.6. The van der Waals surface area contributed by atoms with E-state index in [0.717, 1.165) is 17.7 Å². The average Bonchev–Trinajstić information content (AvgIpc) is 3.49. The number of fused-ring (bicyclic) bond motifs is 8. The molecule has 6 nitrogen and oxygen atoms in total. The summed E-state index contributed by atoms with van der Waals surface area (Å²) in [5, 5.41) is 4.97. The smallest absolute Gasteiger partial charge is 0.238 e. The zero-order valence-electron chi connectivity index (χ0n) is 16.2. The number of hydrogen-bond donors (Lipinski definition) is 0. The Morgan fingerprint density at radius 2 is 1.70 bits per heavy atom. The summed E-state index contributed by atoms with van der Waals surface area (Å²) < 4.78 is 5.19. The van der Waals surface area contributed by atoms with Gasteiger partial charge in [-0.1, -0.05) is 35.0 Å². The molecule has 0 radical (unpaired) electrons. The van der Waals surface area contributed by atoms with Gasteiger partial charge in [0.1, 0.15) is 11.9 Å². The lowest BCUT2D eigenvalue weighted by Gasteiger charge is -2.30. The van der Waals surface area contributed by atoms with Crippen LogP contribution < -0.4 is 9.64 Å². The molecular weight excluding hydrogens is 404 g/mol. The Morgan fingerprint density at radius 3 is 2.40 bits per heavy atom. The zero-order valence-corrected chi connectivity index (χ0v) is 17.0. The minimum Gasteiger partial charge on any atom is -0.497 e. The van der Waals surface area contributed by atoms with Crippen LogP contribution in [0, 0.1) is 29.6 Å². The van der Waals surface area contributed by atoms with Crippen molar-refractivity contribution in [3.63, 3.8) is 0 Å². The average molecular weight is 423 g/mol. The van der Waals surface area contributed by atoms with Gasteiger partial charge in [-0.25, -0.2) is 0 Å². The van der Waals surface area contributed by atoms with Gasteiger partial charge in [-0.3, -0.25) is 14.5 Å². The second-order valence-electron chi connectivity index (χ2n) is 8.38. The molecule has 7 heteroatoms. The molecule has 1 saturated heterocycles. The van der Waals surface area contributed by atoms with Crippen LogP contribution >= 0.6 is 11.6 Å². The number of halogens is 1. The Morgan fingerprint density at radius 1 is 1.00 bits per heavy atom. The highest BCUT2D eigenvalue weighted by atomic mass is 35.5. The molecule has 2 aliphatic heterocycles. The van der Waals surface area contributed by atoms with Crippen LogP contribution in [-0.4, -0.2) is 30.7 Å². The van der Waals surface area contributed by atoms with Gasteiger partial charge >= 0.3 is 0 Å². The molecule has 2 saturated carbocycles. The van der Waals surface area contributed by atoms with Crippen molar-refractivity contribution in [2.45, 2.75) is 12.5 Å². The Hall–Kier alpha value is -2.86. The van der Waals surface area contributed by atoms with Gasteiger partial charge in [-0.05, 0) is 42.7 Å². The molecular formula is C23H19ClN2O4. The summed E-state index contributed by atoms with van der Waals surface area (Å²) in [6.45, 7) is 0. The maximum atomic E-state index is 13.4. The number of nitrogens with zero attached hydrogens (tertiary/aromatic N) is 2. The second kappa shape index (κ2) is 6.32. The van der Waals surface area contributed by atoms with Crippen molar-refractivity contribution in [2.75, 3.05) is 12.0 Å². The number of hydrogen-bond acceptors (Lipinski definition) is 5. The van der Waals surface area contributed by atoms with E-state index < -0.39 is 0 Å². The molecule has 3 fully saturated rings. The first-order valence-corrected chi connectivity index (χ1v) is 10.5. The number of carbonyl (C=O) groups excluding carboxylic acids is 2. The Bertz CT molecular complexity index is 1100. The van der Waals surface area contributed by atoms with Gasteiger partial charge in [0.2, 0.25) is 11.8 Å². The topological polar surface area (TPSA) is 68.2 Å². The Kier molecular flexibility index (Phi) is 3.78. The molecule has 2 amide bonds. The van der Waals surface area contributed by atoms with Crippen molar-refractivity contribution in [1.82, 2.24) is 0 Å². The number of imide groups is 1. The summed E-state index contributed by atoms with van der Waals surface area (Å²) >= 11 is 6.41. The van der Waals surface area contributed by atoms with E-state index in [1.165, 1.54) is 4.90 Å². The summed E-state index contributed by atoms with van der Waals surface area (Å²) in [5.74, 6) is -0.227. The van der Waals surface area contributed by atoms with Crippen molar-refractivity contribution >= 4 is 34.8 Å². The van der Waals surface area contributed by atoms with Crippen LogP contribution in [0.5, 0.6) is 5.75 Å². The first-order valence-electron chi connectivity index (χ1n) is 10.1. The highest BCUT2D eigenvalue weighted by molar-refractivity contribution is 6.34. The van der Waals surface area contributed by atoms with E-state index in [2.05, 4.69) is 5.16 Å². The lowest BCUT2D eigenvalue weighted by molar-refractivity contribution is -0.125. The summed E-state index contributed by atoms with van der Waals surface area (Å²) in [7, 11) is 1.58. The Balaban J connectivity index is 1.35. The molecule has 2 aromatic carbocycles. The zero-order chi connectivity index (χ0) is 20.6. The summed E-state index contributed by atoms with van der Waals surface area (Å²) in [4.78, 5) is 33.9. The van der Waals surface area contributed by atoms with Crippen LogP contribution in [0.25, 0.3) is 0 Å². The number of carbonyl (C=O) groups is 2. The fraction of sp³-hybridized carbons (Fsp3) is 0.348. The van der Waals surface area contributed by atoms with Crippen molar-refractivity contribution in [3.05, 3.63) is 59.1 Å². The molecule has 0 unspecified atom stereocenters. The molecule has 0 aromatic heterocycles. The molecule has 2 heterocycles. The van der Waals surface area contributed by atoms with Gasteiger partial charge in [-0.2, -0.15) is 0 Å². The maximum absolute atomic E-state index is 13.4. The largest absolute Gasteiger partial charge is 0.497 e. The fourth-order valence-corrected chi connectivity index (χ4v) is 6.24. The minimum absolute atomic E-state index is 0.00608. The summed E-state index contributed by atoms with van der Waals surface area (Å²) in [6, 6.07) is 14.6. The molecule has 2 aliphatic carbocycles. The third-order valence-corrected chi connectivity index (χ3v) is 7.50. The molecule has 0 spiro atoms. The SMILES string of the molecule is COc1ccc(N2C(=O)[C@@H]3[C@@H]4C[C@H]([C@H]5ON=C(c6ccccc6Cl)[C@H]45)[C@@H]3C2=O)cc1. The standard InChI is InChI=1S/C23H19ClN2O4/c1-29-12-8-6-11(7-9-12)26-22(27)17-14-10-15(18(17)23(26)28)21-19(14)20(25-30-21)13-4-2-3-5-16(13)24/h2-9,14-15,17-19,21H,10H2,1H3/t14-,15-,17+,18-,19-,21+/m0/s1. The lowest BCUT2D eigenvalue weighted by Crippen LogP contribution is -2.41. The third-order valence-electron chi connectivity index (χ3n) is 7.17. The molecule has 0 N–H and O–H groups in total. The van der Waals surface area contributed by atoms with E-state index in [4.69, 9.17) is 21.2 Å². The van der Waals surface area contributed by atoms with Crippen LogP contribution in [0.4, 0.5) is 5.69 Å². The van der Waals surface area contributed by atoms with Crippen LogP contribution in [0.3, 0.4) is 0 Å². The van der Waals surface area contributed by atoms with Gasteiger partial charge in [0.05, 0.1) is 30.3 Å². The lowest BCUT2D eigenvalue weighted by atomic mass is 9.71. The quantitative estimate of drug-likeness (QED) is 0.710. The highest BCUT2D eigenvalue weighted by Crippen LogP contribution is 2.62. The van der Waals surface area contributed by atoms with Crippen LogP contribution in [0.1, 0.15) is 12.0 Å². The number of rotatable bonds is 3. The van der Waals surface area contributed by atoms with E-state index in [-0.39, 0.29) is 47.5 Å². The molecule has 2 bridgehead atoms. The van der Waals surface area contributed by atoms with Gasteiger partial charge in [0, 0.05) is 22.4 Å². The minimum atomic E-state index is -0.341. The number of amides is 2. The number of ether oxygens (including phenoxy) is 1. The van der Waals surface area contributed by atoms with Crippen molar-refractivity contribution in [1.29, 1.82) is 0 Å². The summed E-state index contributed by atoms with van der Waals surface area (Å²) in [6.07, 6.45) is 0.636. The van der Waals surface area contributed by atoms with E-state index in [0.29, 0.717) is 16.5 Å². The molecule has 30 heavy (non-hydrogen) atoms. The van der Waals surface area contributed by atoms with Crippen LogP contribution in [0.2, 0.25) is 5.02 Å². The summed E-state index contributed by atoms with van der Waals surface area (Å²) in [5.41, 5.74) is 2.24. The van der Waals surface area contributed by atoms with Gasteiger partial charge < -0.3 is 9.57 Å². The van der Waals surface area contributed by atoms with Crippen LogP contribution in [-0.2, 0) is 14.4 Å². The predicted octanol–water partition coefficient (Wildman–Crippen LogP) is 3.52. The van der Waals surface area contributed by atoms with Crippen molar-refractivity contribution in [2.24, 2.45) is 34.7 Å². The van der Waals surface area contributed by atoms with Gasteiger partial charge in [0.25, 0.3) is 0 Å².